The average molecular weight is 1190 g/mol. The molecule has 90 heavy (non-hydrogen) atoms. The minimum absolute atomic E-state index is 0.124. The molecule has 3 heteroatoms. The van der Waals surface area contributed by atoms with Crippen molar-refractivity contribution in [3.05, 3.63) is 358 Å². The van der Waals surface area contributed by atoms with Crippen LogP contribution in [0.5, 0.6) is 0 Å². The minimum Gasteiger partial charge on any atom is -0.456 e. The Bertz CT molecular complexity index is 4920. The van der Waals surface area contributed by atoms with Crippen LogP contribution in [0.1, 0.15) is 87.5 Å². The van der Waals surface area contributed by atoms with Gasteiger partial charge in [0.25, 0.3) is 0 Å². The zero-order valence-corrected chi connectivity index (χ0v) is 54.4. The molecule has 16 rings (SSSR count). The molecule has 0 N–H and O–H groups in total. The van der Waals surface area contributed by atoms with E-state index in [0.717, 1.165) is 16.7 Å². The van der Waals surface area contributed by atoms with Gasteiger partial charge in [0.2, 0.25) is 0 Å². The third-order valence-electron chi connectivity index (χ3n) is 15.7. The van der Waals surface area contributed by atoms with E-state index in [1.165, 1.54) is 126 Å². The Morgan fingerprint density at radius 1 is 0.344 bits per heavy atom. The quantitative estimate of drug-likeness (QED) is 0.152. The molecular weight excluding hydrogens is 1110 g/mol. The summed E-state index contributed by atoms with van der Waals surface area (Å²) in [5, 5.41) is 18.9. The summed E-state index contributed by atoms with van der Waals surface area (Å²) in [6, 6.07) is 91.9. The van der Waals surface area contributed by atoms with Crippen molar-refractivity contribution in [1.29, 1.82) is 5.26 Å². The molecule has 2 aromatic heterocycles. The normalized spacial score (nSPS) is 11.9. The Kier molecular flexibility index (Phi) is 19.6. The molecule has 0 fully saturated rings. The summed E-state index contributed by atoms with van der Waals surface area (Å²) in [6.07, 6.45) is 0. The lowest BCUT2D eigenvalue weighted by Crippen LogP contribution is -2.14. The molecule has 13 aromatic carbocycles. The highest BCUT2D eigenvalue weighted by Gasteiger charge is 2.34. The van der Waals surface area contributed by atoms with Crippen LogP contribution in [0.15, 0.2) is 295 Å². The first-order valence-electron chi connectivity index (χ1n) is 33.0. The highest BCUT2D eigenvalue weighted by atomic mass is 32.1. The molecule has 446 valence electrons. The Labute approximate surface area is 545 Å². The molecule has 15 aromatic rings. The summed E-state index contributed by atoms with van der Waals surface area (Å²) in [5.41, 5.74) is 19.3. The maximum absolute atomic E-state index is 8.38. The lowest BCUT2D eigenvalue weighted by atomic mass is 9.82. The predicted molar refractivity (Wildman–Crippen MR) is 392 cm³/mol. The van der Waals surface area contributed by atoms with Gasteiger partial charge < -0.3 is 4.42 Å². The molecule has 2 nitrogen and oxygen atoms in total. The van der Waals surface area contributed by atoms with E-state index in [1.807, 2.05) is 60.7 Å². The van der Waals surface area contributed by atoms with Crippen LogP contribution < -0.4 is 0 Å². The Balaban J connectivity index is 0.000000129. The van der Waals surface area contributed by atoms with Crippen LogP contribution in [-0.2, 0) is 5.41 Å². The molecule has 0 unspecified atom stereocenters. The van der Waals surface area contributed by atoms with Gasteiger partial charge in [-0.15, -0.1) is 11.3 Å². The van der Waals surface area contributed by atoms with Crippen LogP contribution in [-0.4, -0.2) is 0 Å². The summed E-state index contributed by atoms with van der Waals surface area (Å²) >= 11 is 1.88. The topological polar surface area (TPSA) is 36.9 Å². The third-order valence-corrected chi connectivity index (χ3v) is 16.9. The number of benzene rings is 13. The number of rotatable bonds is 0. The SMILES string of the molecule is Cc1ccc(C#N)cc1.Cc1ccc(C)cc1.Cc1ccc2c(c1)C(C)(C)c1ccccc1-2.Cc1ccc2c(c1)oc1ccccc12.Cc1ccc2c(c1)sc1ccccc12.Cc1ccc2ccccc2c1.Cc1cccc2ccccc12.[2H]c1c([2H])c([2H])c(C)c([2H])c1[2H]. The van der Waals surface area contributed by atoms with Crippen molar-refractivity contribution in [2.75, 3.05) is 0 Å². The number of nitrogens with zero attached hydrogens (tertiary/aromatic N) is 1. The second-order valence-corrected chi connectivity index (χ2v) is 24.5. The van der Waals surface area contributed by atoms with E-state index < -0.39 is 0 Å². The van der Waals surface area contributed by atoms with Gasteiger partial charge in [-0.2, -0.15) is 5.26 Å². The van der Waals surface area contributed by atoms with Crippen molar-refractivity contribution >= 4 is 75.0 Å². The van der Waals surface area contributed by atoms with Gasteiger partial charge >= 0.3 is 0 Å². The summed E-state index contributed by atoms with van der Waals surface area (Å²) in [4.78, 5) is 0. The molecular formula is C87H81NOS. The molecule has 0 amide bonds. The summed E-state index contributed by atoms with van der Waals surface area (Å²) in [5.74, 6) is 0. The standard InChI is InChI=1S/C16H16.C13H10O.C13H10S.2C11H10.C8H7N.C8H10.C7H8/c1-11-8-9-13-12-6-4-5-7-14(12)16(2,3)15(13)10-11;2*1-9-6-7-11-10-4-2-3-5-12(10)14-13(11)8-9;1-9-5-4-7-10-6-2-3-8-11(9)10;1-9-6-7-10-4-2-3-5-11(10)8-9;1-7-2-4-8(6-9)5-3-7;1-7-3-5-8(2)6-4-7;1-7-5-3-2-4-6-7/h4-10H,1-3H3;2*2-8H,1H3;2*2-8H,1H3;2-5H,1H3;3-6H,1-2H3;2-6H,1H3/i;;;;;;;2D,3D,4D,5D,6D. The van der Waals surface area contributed by atoms with Crippen molar-refractivity contribution in [1.82, 2.24) is 0 Å². The fourth-order valence-electron chi connectivity index (χ4n) is 10.8. The molecule has 0 saturated heterocycles. The van der Waals surface area contributed by atoms with Gasteiger partial charge in [0.05, 0.1) is 18.5 Å². The van der Waals surface area contributed by atoms with Gasteiger partial charge in [0.1, 0.15) is 11.2 Å². The van der Waals surface area contributed by atoms with E-state index in [0.29, 0.717) is 5.56 Å². The second-order valence-electron chi connectivity index (χ2n) is 23.4. The molecule has 0 spiro atoms. The molecule has 1 aliphatic rings. The van der Waals surface area contributed by atoms with Gasteiger partial charge in [-0.1, -0.05) is 302 Å². The predicted octanol–water partition coefficient (Wildman–Crippen LogP) is 25.0. The number of fused-ring (bicyclic) bond motifs is 11. The van der Waals surface area contributed by atoms with Crippen LogP contribution in [0.4, 0.5) is 0 Å². The third kappa shape index (κ3) is 16.9. The van der Waals surface area contributed by atoms with Gasteiger partial charge in [0.15, 0.2) is 0 Å². The Morgan fingerprint density at radius 2 is 0.822 bits per heavy atom. The molecule has 1 aliphatic carbocycles. The van der Waals surface area contributed by atoms with Crippen molar-refractivity contribution in [3.63, 3.8) is 0 Å². The number of nitriles is 1. The smallest absolute Gasteiger partial charge is 0.135 e. The highest BCUT2D eigenvalue weighted by molar-refractivity contribution is 7.25. The largest absolute Gasteiger partial charge is 0.456 e. The van der Waals surface area contributed by atoms with Gasteiger partial charge in [0, 0.05) is 36.4 Å². The summed E-state index contributed by atoms with van der Waals surface area (Å²) in [6.45, 7) is 23.0. The molecule has 0 radical (unpaired) electrons. The first-order valence-corrected chi connectivity index (χ1v) is 31.3. The maximum Gasteiger partial charge on any atom is 0.135 e. The number of hydrogen-bond acceptors (Lipinski definition) is 3. The summed E-state index contributed by atoms with van der Waals surface area (Å²) in [7, 11) is 0. The zero-order chi connectivity index (χ0) is 67.9. The van der Waals surface area contributed by atoms with E-state index in [4.69, 9.17) is 16.5 Å². The second kappa shape index (κ2) is 30.7. The van der Waals surface area contributed by atoms with Crippen LogP contribution in [0.2, 0.25) is 0 Å². The number of furan rings is 1. The monoisotopic (exact) mass is 1190 g/mol. The highest BCUT2D eigenvalue weighted by Crippen LogP contribution is 2.48. The van der Waals surface area contributed by atoms with Gasteiger partial charge in [-0.05, 0) is 159 Å². The Hall–Kier alpha value is -10.1. The number of hydrogen-bond donors (Lipinski definition) is 0. The van der Waals surface area contributed by atoms with Crippen LogP contribution in [0.25, 0.3) is 74.8 Å². The maximum atomic E-state index is 8.38. The van der Waals surface area contributed by atoms with E-state index >= 15 is 0 Å². The first kappa shape index (κ1) is 57.6. The zero-order valence-electron chi connectivity index (χ0n) is 58.6. The van der Waals surface area contributed by atoms with E-state index in [-0.39, 0.29) is 35.6 Å². The molecule has 0 aliphatic heterocycles. The van der Waals surface area contributed by atoms with E-state index in [9.17, 15) is 0 Å². The number of para-hydroxylation sites is 1. The van der Waals surface area contributed by atoms with Crippen LogP contribution in [0, 0.1) is 73.6 Å². The number of thiophene rings is 1. The fourth-order valence-corrected chi connectivity index (χ4v) is 12.0. The number of aryl methyl sites for hydroxylation is 8. The van der Waals surface area contributed by atoms with Gasteiger partial charge in [-0.25, -0.2) is 0 Å². The average Bonchev–Trinajstić information content (AvgIpc) is 1.59. The van der Waals surface area contributed by atoms with Crippen molar-refractivity contribution in [2.45, 2.75) is 81.6 Å². The van der Waals surface area contributed by atoms with E-state index in [2.05, 4.69) is 287 Å². The molecule has 0 saturated carbocycles. The molecule has 0 bridgehead atoms. The van der Waals surface area contributed by atoms with Crippen LogP contribution >= 0.6 is 11.3 Å². The van der Waals surface area contributed by atoms with E-state index in [1.54, 1.807) is 0 Å². The van der Waals surface area contributed by atoms with Crippen molar-refractivity contribution < 1.29 is 11.3 Å². The summed E-state index contributed by atoms with van der Waals surface area (Å²) < 4.78 is 44.8. The minimum atomic E-state index is -0.337. The fraction of sp³-hybridized carbons (Fsp3) is 0.138. The lowest BCUT2D eigenvalue weighted by Gasteiger charge is -2.21. The van der Waals surface area contributed by atoms with Crippen molar-refractivity contribution in [3.8, 4) is 17.2 Å². The van der Waals surface area contributed by atoms with Gasteiger partial charge in [-0.3, -0.25) is 0 Å². The van der Waals surface area contributed by atoms with Crippen molar-refractivity contribution in [2.24, 2.45) is 0 Å². The lowest BCUT2D eigenvalue weighted by molar-refractivity contribution is 0.660. The molecule has 0 atom stereocenters. The Morgan fingerprint density at radius 3 is 1.51 bits per heavy atom. The van der Waals surface area contributed by atoms with Crippen LogP contribution in [0.3, 0.4) is 0 Å². The first-order chi connectivity index (χ1) is 45.6. The molecule has 2 heterocycles.